The summed E-state index contributed by atoms with van der Waals surface area (Å²) in [6.45, 7) is 0. The van der Waals surface area contributed by atoms with Gasteiger partial charge in [0, 0.05) is 12.1 Å². The second-order valence-electron chi connectivity index (χ2n) is 2.71. The van der Waals surface area contributed by atoms with Crippen LogP contribution in [-0.2, 0) is 0 Å². The molecule has 0 bridgehead atoms. The van der Waals surface area contributed by atoms with Gasteiger partial charge in [-0.15, -0.1) is 0 Å². The Morgan fingerprint density at radius 2 is 1.00 bits per heavy atom. The average Bonchev–Trinajstić information content (AvgIpc) is 2.27. The first-order chi connectivity index (χ1) is 9.07. The number of rotatable bonds is 2. The normalized spacial score (nSPS) is 6.15. The van der Waals surface area contributed by atoms with E-state index in [2.05, 4.69) is 35.9 Å². The molecule has 0 unspecified atom stereocenters. The van der Waals surface area contributed by atoms with Crippen molar-refractivity contribution in [2.24, 2.45) is 11.5 Å². The lowest BCUT2D eigenvalue weighted by Crippen LogP contribution is -2.03. The molecule has 0 aliphatic carbocycles. The lowest BCUT2D eigenvalue weighted by Gasteiger charge is -1.90. The number of nitrogens with two attached hydrogens (primary N) is 2. The summed E-state index contributed by atoms with van der Waals surface area (Å²) < 4.78 is 0. The van der Waals surface area contributed by atoms with Crippen LogP contribution in [0.3, 0.4) is 0 Å². The smallest absolute Gasteiger partial charge is 0.276 e. The molecule has 158 valence electrons. The van der Waals surface area contributed by atoms with Gasteiger partial charge in [-0.2, -0.15) is 0 Å². The van der Waals surface area contributed by atoms with Crippen LogP contribution in [0.15, 0.2) is 24.3 Å². The van der Waals surface area contributed by atoms with Crippen LogP contribution in [0, 0.1) is 20.2 Å². The standard InChI is InChI=1S/C6H4N2O4.2CH3NOS.6CH4/c9-7(10)5-2-1-3-6(4-5)8(11)12;2*2-1(3)4;;;;;;/h1-4H;2*(H3,2,3,4);6*1H4. The van der Waals surface area contributed by atoms with Crippen LogP contribution < -0.4 is 11.5 Å². The Hall–Kier alpha value is -2.60. The fraction of sp³-hybridized carbons (Fsp3) is 0.429. The Balaban J connectivity index is -0.0000000339. The molecule has 6 N–H and O–H groups in total. The summed E-state index contributed by atoms with van der Waals surface area (Å²) in [5.41, 5.74) is 8.25. The number of benzene rings is 1. The monoisotopic (exact) mass is 418 g/mol. The van der Waals surface area contributed by atoms with E-state index in [1.807, 2.05) is 0 Å². The first kappa shape index (κ1) is 49.5. The molecule has 0 saturated heterocycles. The average molecular weight is 419 g/mol. The van der Waals surface area contributed by atoms with Gasteiger partial charge in [-0.05, 0) is 30.5 Å². The lowest BCUT2D eigenvalue weighted by atomic mass is 10.3. The van der Waals surface area contributed by atoms with Crippen LogP contribution in [-0.4, -0.2) is 30.4 Å². The lowest BCUT2D eigenvalue weighted by molar-refractivity contribution is -0.394. The van der Waals surface area contributed by atoms with Gasteiger partial charge in [-0.1, -0.05) is 44.6 Å². The van der Waals surface area contributed by atoms with Gasteiger partial charge in [0.05, 0.1) is 15.9 Å². The Morgan fingerprint density at radius 3 is 1.15 bits per heavy atom. The maximum atomic E-state index is 10.2. The summed E-state index contributed by atoms with van der Waals surface area (Å²) in [5, 5.41) is 34.4. The van der Waals surface area contributed by atoms with E-state index in [9.17, 15) is 20.2 Å². The summed E-state index contributed by atoms with van der Waals surface area (Å²) >= 11 is 7.74. The zero-order chi connectivity index (χ0) is 16.3. The molecule has 0 aliphatic rings. The third kappa shape index (κ3) is 37.6. The number of aliphatic hydroxyl groups is 2. The Morgan fingerprint density at radius 1 is 0.808 bits per heavy atom. The minimum atomic E-state index is -0.674. The molecule has 1 aromatic carbocycles. The fourth-order valence-electron chi connectivity index (χ4n) is 0.720. The first-order valence-electron chi connectivity index (χ1n) is 4.43. The molecule has 0 atom stereocenters. The summed E-state index contributed by atoms with van der Waals surface area (Å²) in [4.78, 5) is 19.0. The van der Waals surface area contributed by atoms with Gasteiger partial charge in [0.2, 0.25) is 0 Å². The molecule has 0 saturated carbocycles. The number of nitrogens with zero attached hydrogens (tertiary/aromatic N) is 2. The topological polar surface area (TPSA) is 179 Å². The van der Waals surface area contributed by atoms with Crippen molar-refractivity contribution in [1.29, 1.82) is 0 Å². The quantitative estimate of drug-likeness (QED) is 0.293. The van der Waals surface area contributed by atoms with E-state index in [4.69, 9.17) is 10.2 Å². The first-order valence-corrected chi connectivity index (χ1v) is 5.25. The van der Waals surface area contributed by atoms with E-state index < -0.39 is 20.2 Å². The van der Waals surface area contributed by atoms with Crippen LogP contribution in [0.4, 0.5) is 11.4 Å². The maximum Gasteiger partial charge on any atom is 0.276 e. The predicted octanol–water partition coefficient (Wildman–Crippen LogP) is 4.90. The summed E-state index contributed by atoms with van der Waals surface area (Å²) in [6, 6.07) is 4.59. The largest absolute Gasteiger partial charge is 0.487 e. The molecule has 10 nitrogen and oxygen atoms in total. The van der Waals surface area contributed by atoms with Crippen molar-refractivity contribution in [2.45, 2.75) is 44.6 Å². The Kier molecular flexibility index (Phi) is 51.9. The zero-order valence-corrected chi connectivity index (χ0v) is 11.3. The number of hydrogen-bond acceptors (Lipinski definition) is 6. The van der Waals surface area contributed by atoms with Crippen LogP contribution in [0.5, 0.6) is 0 Å². The number of nitro benzene ring substituents is 2. The SMILES string of the molecule is C.C.C.C.C.C.NC(O)=S.NC(O)=S.O=[N+]([O-])c1cccc([N+](=O)[O-])c1. The van der Waals surface area contributed by atoms with Gasteiger partial charge < -0.3 is 21.7 Å². The molecule has 0 amide bonds. The molecule has 0 radical (unpaired) electrons. The molecule has 0 spiro atoms. The predicted molar refractivity (Wildman–Crippen MR) is 119 cm³/mol. The molecular weight excluding hydrogens is 384 g/mol. The molecule has 12 heteroatoms. The summed E-state index contributed by atoms with van der Waals surface area (Å²) in [6.07, 6.45) is 0. The number of nitro groups is 2. The third-order valence-corrected chi connectivity index (χ3v) is 1.25. The van der Waals surface area contributed by atoms with Crippen molar-refractivity contribution in [1.82, 2.24) is 0 Å². The van der Waals surface area contributed by atoms with E-state index in [1.165, 1.54) is 18.2 Å². The third-order valence-electron chi connectivity index (χ3n) is 1.25. The van der Waals surface area contributed by atoms with Crippen molar-refractivity contribution in [3.63, 3.8) is 0 Å². The summed E-state index contributed by atoms with van der Waals surface area (Å²) in [5.74, 6) is 0. The van der Waals surface area contributed by atoms with Crippen LogP contribution in [0.1, 0.15) is 44.6 Å². The highest BCUT2D eigenvalue weighted by Crippen LogP contribution is 2.18. The van der Waals surface area contributed by atoms with Crippen molar-refractivity contribution >= 4 is 46.2 Å². The van der Waals surface area contributed by atoms with Crippen LogP contribution >= 0.6 is 24.4 Å². The van der Waals surface area contributed by atoms with E-state index in [1.54, 1.807) is 0 Å². The number of thiocarbonyl (C=S) groups is 2. The van der Waals surface area contributed by atoms with E-state index in [0.717, 1.165) is 6.07 Å². The molecule has 1 aromatic rings. The second-order valence-corrected chi connectivity index (χ2v) is 3.55. The highest BCUT2D eigenvalue weighted by Gasteiger charge is 2.11. The molecule has 26 heavy (non-hydrogen) atoms. The highest BCUT2D eigenvalue weighted by atomic mass is 32.1. The zero-order valence-electron chi connectivity index (χ0n) is 9.70. The second kappa shape index (κ2) is 27.3. The minimum absolute atomic E-state index is 0. The van der Waals surface area contributed by atoms with Crippen molar-refractivity contribution in [2.75, 3.05) is 0 Å². The van der Waals surface area contributed by atoms with Crippen LogP contribution in [0.2, 0.25) is 0 Å². The molecule has 0 aliphatic heterocycles. The molecule has 1 rings (SSSR count). The number of aliphatic hydroxyl groups excluding tert-OH is 2. The van der Waals surface area contributed by atoms with E-state index in [-0.39, 0.29) is 55.9 Å². The van der Waals surface area contributed by atoms with Gasteiger partial charge in [-0.25, -0.2) is 0 Å². The van der Waals surface area contributed by atoms with Crippen LogP contribution in [0.25, 0.3) is 0 Å². The van der Waals surface area contributed by atoms with Gasteiger partial charge in [0.1, 0.15) is 0 Å². The van der Waals surface area contributed by atoms with Gasteiger partial charge in [0.15, 0.2) is 0 Å². The van der Waals surface area contributed by atoms with E-state index in [0.29, 0.717) is 0 Å². The Labute approximate surface area is 167 Å². The van der Waals surface area contributed by atoms with Gasteiger partial charge in [-0.3, -0.25) is 20.2 Å². The minimum Gasteiger partial charge on any atom is -0.487 e. The molecular formula is C14H34N4O6S2. The van der Waals surface area contributed by atoms with Crippen molar-refractivity contribution in [3.8, 4) is 0 Å². The number of hydrogen-bond donors (Lipinski definition) is 4. The number of non-ortho nitro benzene ring substituents is 2. The Bertz CT molecular complexity index is 467. The fourth-order valence-corrected chi connectivity index (χ4v) is 0.720. The molecule has 0 fully saturated rings. The highest BCUT2D eigenvalue weighted by molar-refractivity contribution is 7.80. The van der Waals surface area contributed by atoms with Crippen molar-refractivity contribution in [3.05, 3.63) is 44.5 Å². The maximum absolute atomic E-state index is 10.2. The molecule has 0 aromatic heterocycles. The van der Waals surface area contributed by atoms with E-state index >= 15 is 0 Å². The van der Waals surface area contributed by atoms with Gasteiger partial charge in [0.25, 0.3) is 21.7 Å². The van der Waals surface area contributed by atoms with Crippen molar-refractivity contribution < 1.29 is 20.1 Å². The summed E-state index contributed by atoms with van der Waals surface area (Å²) in [7, 11) is 0. The molecule has 0 heterocycles. The van der Waals surface area contributed by atoms with Gasteiger partial charge >= 0.3 is 0 Å².